The van der Waals surface area contributed by atoms with Crippen molar-refractivity contribution in [2.75, 3.05) is 0 Å². The maximum Gasteiger partial charge on any atom is 0.0637 e. The minimum Gasteiger partial charge on any atom is -0.309 e. The molecule has 0 unspecified atom stereocenters. The van der Waals surface area contributed by atoms with Crippen molar-refractivity contribution in [3.63, 3.8) is 0 Å². The summed E-state index contributed by atoms with van der Waals surface area (Å²) in [6.45, 7) is 4.85. The van der Waals surface area contributed by atoms with Crippen LogP contribution in [0.25, 0.3) is 91.1 Å². The van der Waals surface area contributed by atoms with E-state index < -0.39 is 0 Å². The van der Waals surface area contributed by atoms with Crippen LogP contribution in [0.4, 0.5) is 0 Å². The highest BCUT2D eigenvalue weighted by Crippen LogP contribution is 2.58. The van der Waals surface area contributed by atoms with Gasteiger partial charge >= 0.3 is 0 Å². The molecule has 47 heavy (non-hydrogen) atoms. The first-order valence-electron chi connectivity index (χ1n) is 16.5. The van der Waals surface area contributed by atoms with Gasteiger partial charge in [0.25, 0.3) is 0 Å². The summed E-state index contributed by atoms with van der Waals surface area (Å²) in [6.07, 6.45) is 0. The normalized spacial score (nSPS) is 13.9. The van der Waals surface area contributed by atoms with E-state index in [0.717, 1.165) is 0 Å². The predicted octanol–water partition coefficient (Wildman–Crippen LogP) is 12.9. The lowest BCUT2D eigenvalue weighted by molar-refractivity contribution is 0.667. The van der Waals surface area contributed by atoms with Crippen molar-refractivity contribution < 1.29 is 0 Å². The molecule has 8 aromatic carbocycles. The number of thiophene rings is 1. The standard InChI is InChI=1S/C45H29NS/c1-45(2)36-20-10-7-17-32(36)40-42(45)39-33-18-8-11-21-37(33)46(43(39)41-34-19-9-12-22-38(34)47-44(40)41)26-23-24-31-29-15-4-3-13-27(29)28-14-5-6-16-30(28)35(31)25-26/h3-25H,1-2H3. The molecule has 2 heteroatoms. The molecule has 2 aromatic heterocycles. The molecule has 220 valence electrons. The van der Waals surface area contributed by atoms with E-state index in [-0.39, 0.29) is 5.41 Å². The second-order valence-corrected chi connectivity index (χ2v) is 14.7. The van der Waals surface area contributed by atoms with Crippen LogP contribution >= 0.6 is 11.3 Å². The van der Waals surface area contributed by atoms with E-state index in [0.29, 0.717) is 0 Å². The maximum absolute atomic E-state index is 2.58. The molecular weight excluding hydrogens is 587 g/mol. The third kappa shape index (κ3) is 3.14. The largest absolute Gasteiger partial charge is 0.309 e. The fraction of sp³-hybridized carbons (Fsp3) is 0.0667. The Morgan fingerprint density at radius 1 is 0.511 bits per heavy atom. The average molecular weight is 616 g/mol. The van der Waals surface area contributed by atoms with Gasteiger partial charge in [0.1, 0.15) is 0 Å². The van der Waals surface area contributed by atoms with Crippen LogP contribution in [0.5, 0.6) is 0 Å². The van der Waals surface area contributed by atoms with Crippen molar-refractivity contribution in [3.05, 3.63) is 151 Å². The molecule has 2 heterocycles. The zero-order chi connectivity index (χ0) is 31.0. The lowest BCUT2D eigenvalue weighted by atomic mass is 9.80. The molecule has 1 aliphatic carbocycles. The summed E-state index contributed by atoms with van der Waals surface area (Å²) in [5.41, 5.74) is 9.32. The minimum absolute atomic E-state index is 0.137. The molecular formula is C45H29NS. The Hall–Kier alpha value is -5.44. The molecule has 0 bridgehead atoms. The van der Waals surface area contributed by atoms with Crippen molar-refractivity contribution in [1.82, 2.24) is 4.57 Å². The van der Waals surface area contributed by atoms with E-state index in [1.165, 1.54) is 102 Å². The number of rotatable bonds is 1. The van der Waals surface area contributed by atoms with Crippen LogP contribution in [-0.4, -0.2) is 4.57 Å². The highest BCUT2D eigenvalue weighted by atomic mass is 32.1. The highest BCUT2D eigenvalue weighted by molar-refractivity contribution is 7.26. The van der Waals surface area contributed by atoms with E-state index in [1.54, 1.807) is 0 Å². The maximum atomic E-state index is 2.58. The second kappa shape index (κ2) is 8.88. The van der Waals surface area contributed by atoms with Gasteiger partial charge in [-0.25, -0.2) is 0 Å². The van der Waals surface area contributed by atoms with Gasteiger partial charge in [-0.15, -0.1) is 11.3 Å². The van der Waals surface area contributed by atoms with Crippen molar-refractivity contribution in [1.29, 1.82) is 0 Å². The molecule has 0 spiro atoms. The zero-order valence-electron chi connectivity index (χ0n) is 26.1. The quantitative estimate of drug-likeness (QED) is 0.162. The third-order valence-corrected chi connectivity index (χ3v) is 12.1. The Bertz CT molecular complexity index is 2950. The number of hydrogen-bond donors (Lipinski definition) is 0. The van der Waals surface area contributed by atoms with Gasteiger partial charge in [-0.3, -0.25) is 0 Å². The van der Waals surface area contributed by atoms with Gasteiger partial charge < -0.3 is 4.57 Å². The first-order chi connectivity index (χ1) is 23.1. The van der Waals surface area contributed by atoms with E-state index in [1.807, 2.05) is 11.3 Å². The molecule has 0 fully saturated rings. The second-order valence-electron chi connectivity index (χ2n) is 13.6. The SMILES string of the molecule is CC1(C)c2ccccc2-c2c1c1c3ccccc3n(-c3ccc4c5ccccc5c5ccccc5c4c3)c1c1c2sc2ccccc21. The van der Waals surface area contributed by atoms with Gasteiger partial charge in [-0.1, -0.05) is 129 Å². The van der Waals surface area contributed by atoms with Crippen molar-refractivity contribution in [2.45, 2.75) is 19.3 Å². The lowest BCUT2D eigenvalue weighted by Crippen LogP contribution is -2.15. The van der Waals surface area contributed by atoms with Crippen LogP contribution in [0.1, 0.15) is 25.0 Å². The summed E-state index contributed by atoms with van der Waals surface area (Å²) in [5, 5.41) is 13.2. The van der Waals surface area contributed by atoms with Crippen LogP contribution in [0.3, 0.4) is 0 Å². The number of benzene rings is 8. The molecule has 0 saturated carbocycles. The number of fused-ring (bicyclic) bond motifs is 18. The Labute approximate surface area is 275 Å². The van der Waals surface area contributed by atoms with Gasteiger partial charge in [-0.05, 0) is 73.3 Å². The molecule has 1 aliphatic rings. The molecule has 10 aromatic rings. The molecule has 0 saturated heterocycles. The Balaban J connectivity index is 1.39. The molecule has 11 rings (SSSR count). The highest BCUT2D eigenvalue weighted by Gasteiger charge is 2.40. The fourth-order valence-corrected chi connectivity index (χ4v) is 10.3. The van der Waals surface area contributed by atoms with E-state index in [9.17, 15) is 0 Å². The summed E-state index contributed by atoms with van der Waals surface area (Å²) >= 11 is 1.95. The van der Waals surface area contributed by atoms with Gasteiger partial charge in [0, 0.05) is 47.6 Å². The zero-order valence-corrected chi connectivity index (χ0v) is 27.0. The summed E-state index contributed by atoms with van der Waals surface area (Å²) < 4.78 is 5.31. The van der Waals surface area contributed by atoms with Gasteiger partial charge in [0.2, 0.25) is 0 Å². The summed E-state index contributed by atoms with van der Waals surface area (Å²) in [5.74, 6) is 0. The minimum atomic E-state index is -0.137. The summed E-state index contributed by atoms with van der Waals surface area (Å²) in [6, 6.07) is 52.1. The van der Waals surface area contributed by atoms with Crippen LogP contribution in [0.2, 0.25) is 0 Å². The fourth-order valence-electron chi connectivity index (χ4n) is 8.99. The predicted molar refractivity (Wildman–Crippen MR) is 204 cm³/mol. The van der Waals surface area contributed by atoms with Crippen LogP contribution in [0.15, 0.2) is 140 Å². The van der Waals surface area contributed by atoms with E-state index in [2.05, 4.69) is 158 Å². The van der Waals surface area contributed by atoms with Crippen molar-refractivity contribution >= 4 is 85.6 Å². The van der Waals surface area contributed by atoms with E-state index >= 15 is 0 Å². The summed E-state index contributed by atoms with van der Waals surface area (Å²) in [4.78, 5) is 0. The number of nitrogens with zero attached hydrogens (tertiary/aromatic N) is 1. The first-order valence-corrected chi connectivity index (χ1v) is 17.3. The van der Waals surface area contributed by atoms with Crippen LogP contribution in [-0.2, 0) is 5.41 Å². The monoisotopic (exact) mass is 615 g/mol. The van der Waals surface area contributed by atoms with Crippen molar-refractivity contribution in [3.8, 4) is 16.8 Å². The molecule has 0 atom stereocenters. The smallest absolute Gasteiger partial charge is 0.0637 e. The third-order valence-electron chi connectivity index (χ3n) is 10.9. The van der Waals surface area contributed by atoms with Crippen LogP contribution in [0, 0.1) is 0 Å². The lowest BCUT2D eigenvalue weighted by Gasteiger charge is -2.23. The van der Waals surface area contributed by atoms with Gasteiger partial charge in [-0.2, -0.15) is 0 Å². The molecule has 0 radical (unpaired) electrons. The first kappa shape index (κ1) is 25.7. The molecule has 1 nitrogen and oxygen atoms in total. The van der Waals surface area contributed by atoms with Gasteiger partial charge in [0.15, 0.2) is 0 Å². The Morgan fingerprint density at radius 3 is 1.83 bits per heavy atom. The molecule has 0 aliphatic heterocycles. The number of para-hydroxylation sites is 1. The van der Waals surface area contributed by atoms with Gasteiger partial charge in [0.05, 0.1) is 11.0 Å². The summed E-state index contributed by atoms with van der Waals surface area (Å²) in [7, 11) is 0. The topological polar surface area (TPSA) is 4.93 Å². The van der Waals surface area contributed by atoms with E-state index in [4.69, 9.17) is 0 Å². The Morgan fingerprint density at radius 2 is 1.09 bits per heavy atom. The van der Waals surface area contributed by atoms with Crippen molar-refractivity contribution in [2.24, 2.45) is 0 Å². The molecule has 0 amide bonds. The average Bonchev–Trinajstić information content (AvgIpc) is 3.74. The number of aromatic nitrogens is 1. The Kier molecular flexibility index (Phi) is 4.86. The molecule has 0 N–H and O–H groups in total. The number of hydrogen-bond acceptors (Lipinski definition) is 1. The van der Waals surface area contributed by atoms with Crippen LogP contribution < -0.4 is 0 Å².